The van der Waals surface area contributed by atoms with Crippen LogP contribution in [0.1, 0.15) is 30.9 Å². The second-order valence-corrected chi connectivity index (χ2v) is 8.01. The Hall–Kier alpha value is -2.24. The lowest BCUT2D eigenvalue weighted by molar-refractivity contribution is -0.121. The van der Waals surface area contributed by atoms with Crippen molar-refractivity contribution in [3.8, 4) is 0 Å². The van der Waals surface area contributed by atoms with Crippen molar-refractivity contribution in [1.82, 2.24) is 15.1 Å². The summed E-state index contributed by atoms with van der Waals surface area (Å²) in [6, 6.07) is 17.3. The molecule has 29 heavy (non-hydrogen) atoms. The Bertz CT molecular complexity index is 742. The normalized spacial score (nSPS) is 16.5. The van der Waals surface area contributed by atoms with Crippen LogP contribution < -0.4 is 5.32 Å². The van der Waals surface area contributed by atoms with Crippen LogP contribution >= 0.6 is 0 Å². The van der Waals surface area contributed by atoms with Crippen LogP contribution in [0.25, 0.3) is 0 Å². The van der Waals surface area contributed by atoms with Crippen LogP contribution in [0, 0.1) is 5.82 Å². The number of amides is 1. The van der Waals surface area contributed by atoms with E-state index in [1.807, 2.05) is 0 Å². The minimum atomic E-state index is -0.221. The molecule has 1 aliphatic rings. The van der Waals surface area contributed by atoms with Gasteiger partial charge >= 0.3 is 0 Å². The van der Waals surface area contributed by atoms with Crippen molar-refractivity contribution in [1.29, 1.82) is 0 Å². The van der Waals surface area contributed by atoms with E-state index in [1.54, 1.807) is 12.1 Å². The summed E-state index contributed by atoms with van der Waals surface area (Å²) in [5.41, 5.74) is 2.43. The van der Waals surface area contributed by atoms with Crippen molar-refractivity contribution in [3.05, 3.63) is 71.5 Å². The Morgan fingerprint density at radius 3 is 2.31 bits per heavy atom. The first-order valence-electron chi connectivity index (χ1n) is 10.6. The summed E-state index contributed by atoms with van der Waals surface area (Å²) in [5.74, 6) is -0.122. The number of carbonyl (C=O) groups is 1. The SMILES string of the molecule is C[C@@H](CN1CCN(Cc2ccccc2)CC1)NC(=O)CCCc1ccc(F)cc1. The second kappa shape index (κ2) is 11.1. The Morgan fingerprint density at radius 2 is 1.62 bits per heavy atom. The number of benzene rings is 2. The summed E-state index contributed by atoms with van der Waals surface area (Å²) in [4.78, 5) is 17.1. The van der Waals surface area contributed by atoms with Crippen molar-refractivity contribution >= 4 is 5.91 Å². The molecule has 0 radical (unpaired) electrons. The molecule has 0 unspecified atom stereocenters. The van der Waals surface area contributed by atoms with E-state index in [9.17, 15) is 9.18 Å². The van der Waals surface area contributed by atoms with Crippen LogP contribution in [0.5, 0.6) is 0 Å². The van der Waals surface area contributed by atoms with E-state index in [2.05, 4.69) is 52.4 Å². The van der Waals surface area contributed by atoms with Gasteiger partial charge in [0, 0.05) is 51.7 Å². The van der Waals surface area contributed by atoms with E-state index >= 15 is 0 Å². The van der Waals surface area contributed by atoms with E-state index < -0.39 is 0 Å². The highest BCUT2D eigenvalue weighted by Crippen LogP contribution is 2.09. The summed E-state index contributed by atoms with van der Waals surface area (Å²) in [6.07, 6.45) is 2.08. The van der Waals surface area contributed by atoms with E-state index in [0.717, 1.165) is 57.7 Å². The number of hydrogen-bond acceptors (Lipinski definition) is 3. The Morgan fingerprint density at radius 1 is 0.966 bits per heavy atom. The lowest BCUT2D eigenvalue weighted by Gasteiger charge is -2.36. The van der Waals surface area contributed by atoms with Crippen molar-refractivity contribution in [2.24, 2.45) is 0 Å². The number of piperazine rings is 1. The smallest absolute Gasteiger partial charge is 0.220 e. The Kier molecular flexibility index (Phi) is 8.20. The van der Waals surface area contributed by atoms with Crippen LogP contribution in [-0.4, -0.2) is 54.5 Å². The molecule has 2 aromatic carbocycles. The summed E-state index contributed by atoms with van der Waals surface area (Å²) in [7, 11) is 0. The van der Waals surface area contributed by atoms with Crippen molar-refractivity contribution < 1.29 is 9.18 Å². The summed E-state index contributed by atoms with van der Waals surface area (Å²) in [5, 5.41) is 3.12. The molecule has 2 aromatic rings. The standard InChI is InChI=1S/C24H32FN3O/c1-20(26-24(29)9-5-8-21-10-12-23(25)13-11-21)18-27-14-16-28(17-15-27)19-22-6-3-2-4-7-22/h2-4,6-7,10-13,20H,5,8-9,14-19H2,1H3,(H,26,29)/t20-/m0/s1. The van der Waals surface area contributed by atoms with Gasteiger partial charge in [-0.3, -0.25) is 14.6 Å². The molecule has 1 fully saturated rings. The highest BCUT2D eigenvalue weighted by atomic mass is 19.1. The fourth-order valence-electron chi connectivity index (χ4n) is 3.86. The maximum Gasteiger partial charge on any atom is 0.220 e. The van der Waals surface area contributed by atoms with Gasteiger partial charge in [-0.1, -0.05) is 42.5 Å². The Labute approximate surface area is 173 Å². The first-order chi connectivity index (χ1) is 14.1. The topological polar surface area (TPSA) is 35.6 Å². The molecule has 4 nitrogen and oxygen atoms in total. The molecular weight excluding hydrogens is 365 g/mol. The molecule has 1 N–H and O–H groups in total. The zero-order valence-electron chi connectivity index (χ0n) is 17.3. The van der Waals surface area contributed by atoms with Crippen LogP contribution in [-0.2, 0) is 17.8 Å². The summed E-state index contributed by atoms with van der Waals surface area (Å²) in [6.45, 7) is 8.18. The highest BCUT2D eigenvalue weighted by molar-refractivity contribution is 5.76. The van der Waals surface area contributed by atoms with E-state index in [0.29, 0.717) is 6.42 Å². The maximum atomic E-state index is 12.9. The first-order valence-corrected chi connectivity index (χ1v) is 10.6. The molecule has 1 heterocycles. The van der Waals surface area contributed by atoms with Gasteiger partial charge in [-0.15, -0.1) is 0 Å². The molecule has 1 atom stereocenters. The molecule has 0 saturated carbocycles. The minimum Gasteiger partial charge on any atom is -0.352 e. The number of aryl methyl sites for hydroxylation is 1. The maximum absolute atomic E-state index is 12.9. The first kappa shape index (κ1) is 21.5. The molecule has 1 saturated heterocycles. The average Bonchev–Trinajstić information content (AvgIpc) is 2.72. The van der Waals surface area contributed by atoms with Gasteiger partial charge in [0.25, 0.3) is 0 Å². The lowest BCUT2D eigenvalue weighted by Crippen LogP contribution is -2.50. The molecule has 0 spiro atoms. The zero-order chi connectivity index (χ0) is 20.5. The van der Waals surface area contributed by atoms with Crippen LogP contribution in [0.3, 0.4) is 0 Å². The molecule has 0 bridgehead atoms. The lowest BCUT2D eigenvalue weighted by atomic mass is 10.1. The summed E-state index contributed by atoms with van der Waals surface area (Å²) >= 11 is 0. The number of carbonyl (C=O) groups excluding carboxylic acids is 1. The fraction of sp³-hybridized carbons (Fsp3) is 0.458. The van der Waals surface area contributed by atoms with Crippen molar-refractivity contribution in [3.63, 3.8) is 0 Å². The molecule has 0 aromatic heterocycles. The molecule has 1 aliphatic heterocycles. The van der Waals surface area contributed by atoms with Gasteiger partial charge in [0.2, 0.25) is 5.91 Å². The van der Waals surface area contributed by atoms with Gasteiger partial charge in [0.05, 0.1) is 0 Å². The molecule has 5 heteroatoms. The molecule has 3 rings (SSSR count). The van der Waals surface area contributed by atoms with E-state index in [4.69, 9.17) is 0 Å². The monoisotopic (exact) mass is 397 g/mol. The van der Waals surface area contributed by atoms with Crippen molar-refractivity contribution in [2.45, 2.75) is 38.8 Å². The molecule has 1 amide bonds. The number of rotatable bonds is 9. The van der Waals surface area contributed by atoms with Gasteiger partial charge in [-0.2, -0.15) is 0 Å². The highest BCUT2D eigenvalue weighted by Gasteiger charge is 2.19. The quantitative estimate of drug-likeness (QED) is 0.704. The number of nitrogens with one attached hydrogen (secondary N) is 1. The largest absolute Gasteiger partial charge is 0.352 e. The van der Waals surface area contributed by atoms with Crippen LogP contribution in [0.15, 0.2) is 54.6 Å². The number of hydrogen-bond donors (Lipinski definition) is 1. The van der Waals surface area contributed by atoms with Crippen molar-refractivity contribution in [2.75, 3.05) is 32.7 Å². The molecule has 0 aliphatic carbocycles. The number of nitrogens with zero attached hydrogens (tertiary/aromatic N) is 2. The minimum absolute atomic E-state index is 0.0994. The van der Waals surface area contributed by atoms with E-state index in [1.165, 1.54) is 17.7 Å². The van der Waals surface area contributed by atoms with Gasteiger partial charge < -0.3 is 5.32 Å². The molecular formula is C24H32FN3O. The summed E-state index contributed by atoms with van der Waals surface area (Å²) < 4.78 is 12.9. The Balaban J connectivity index is 1.29. The van der Waals surface area contributed by atoms with Crippen LogP contribution in [0.2, 0.25) is 0 Å². The third-order valence-corrected chi connectivity index (χ3v) is 5.44. The fourth-order valence-corrected chi connectivity index (χ4v) is 3.86. The average molecular weight is 398 g/mol. The zero-order valence-corrected chi connectivity index (χ0v) is 17.3. The van der Waals surface area contributed by atoms with Gasteiger partial charge in [-0.05, 0) is 43.0 Å². The van der Waals surface area contributed by atoms with Gasteiger partial charge in [0.1, 0.15) is 5.82 Å². The second-order valence-electron chi connectivity index (χ2n) is 8.01. The molecule has 156 valence electrons. The van der Waals surface area contributed by atoms with Gasteiger partial charge in [-0.25, -0.2) is 4.39 Å². The third kappa shape index (κ3) is 7.59. The van der Waals surface area contributed by atoms with Gasteiger partial charge in [0.15, 0.2) is 0 Å². The predicted octanol–water partition coefficient (Wildman–Crippen LogP) is 3.47. The van der Waals surface area contributed by atoms with E-state index in [-0.39, 0.29) is 17.8 Å². The predicted molar refractivity (Wildman–Crippen MR) is 115 cm³/mol. The number of halogens is 1. The third-order valence-electron chi connectivity index (χ3n) is 5.44. The van der Waals surface area contributed by atoms with Crippen LogP contribution in [0.4, 0.5) is 4.39 Å².